The third-order valence-electron chi connectivity index (χ3n) is 3.02. The predicted octanol–water partition coefficient (Wildman–Crippen LogP) is 3.17. The molecule has 0 aliphatic heterocycles. The first-order valence-corrected chi connectivity index (χ1v) is 7.76. The van der Waals surface area contributed by atoms with Gasteiger partial charge in [0.15, 0.2) is 0 Å². The number of thioether (sulfide) groups is 1. The topological polar surface area (TPSA) is 21.3 Å². The minimum atomic E-state index is 0.470. The molecular weight excluding hydrogens is 218 g/mol. The number of methoxy groups -OCH3 is 1. The van der Waals surface area contributed by atoms with Gasteiger partial charge < -0.3 is 10.1 Å². The van der Waals surface area contributed by atoms with Gasteiger partial charge in [0.2, 0.25) is 0 Å². The first-order valence-electron chi connectivity index (χ1n) is 6.37. The molecule has 0 aromatic rings. The summed E-state index contributed by atoms with van der Waals surface area (Å²) >= 11 is 1.95. The molecule has 0 rings (SSSR count). The zero-order valence-corrected chi connectivity index (χ0v) is 12.3. The SMILES string of the molecule is CCCC(C)(CCCSC)CNCCOC. The Bertz CT molecular complexity index is 155. The Labute approximate surface area is 106 Å². The first-order chi connectivity index (χ1) is 7.68. The minimum Gasteiger partial charge on any atom is -0.383 e. The van der Waals surface area contributed by atoms with Crippen molar-refractivity contribution in [3.8, 4) is 0 Å². The van der Waals surface area contributed by atoms with Crippen molar-refractivity contribution in [3.63, 3.8) is 0 Å². The quantitative estimate of drug-likeness (QED) is 0.567. The van der Waals surface area contributed by atoms with Crippen molar-refractivity contribution in [3.05, 3.63) is 0 Å². The summed E-state index contributed by atoms with van der Waals surface area (Å²) in [5.74, 6) is 1.29. The van der Waals surface area contributed by atoms with Crippen LogP contribution in [0, 0.1) is 5.41 Å². The fourth-order valence-corrected chi connectivity index (χ4v) is 2.55. The second kappa shape index (κ2) is 10.4. The number of hydrogen-bond donors (Lipinski definition) is 1. The van der Waals surface area contributed by atoms with Crippen LogP contribution in [0.2, 0.25) is 0 Å². The standard InChI is InChI=1S/C13H29NOS/c1-5-7-13(2,8-6-11-16-4)12-14-9-10-15-3/h14H,5-12H2,1-4H3. The highest BCUT2D eigenvalue weighted by Crippen LogP contribution is 2.28. The fraction of sp³-hybridized carbons (Fsp3) is 1.00. The van der Waals surface area contributed by atoms with E-state index < -0.39 is 0 Å². The van der Waals surface area contributed by atoms with Crippen LogP contribution >= 0.6 is 11.8 Å². The molecule has 1 unspecified atom stereocenters. The molecule has 1 N–H and O–H groups in total. The van der Waals surface area contributed by atoms with E-state index in [4.69, 9.17) is 4.74 Å². The molecule has 3 heteroatoms. The van der Waals surface area contributed by atoms with E-state index in [1.165, 1.54) is 31.4 Å². The van der Waals surface area contributed by atoms with E-state index in [1.807, 2.05) is 11.8 Å². The average molecular weight is 247 g/mol. The molecule has 1 atom stereocenters. The molecule has 0 spiro atoms. The summed E-state index contributed by atoms with van der Waals surface area (Å²) < 4.78 is 5.05. The molecule has 0 aromatic heterocycles. The number of hydrogen-bond acceptors (Lipinski definition) is 3. The van der Waals surface area contributed by atoms with Crippen LogP contribution < -0.4 is 5.32 Å². The lowest BCUT2D eigenvalue weighted by Crippen LogP contribution is -2.33. The molecular formula is C13H29NOS. The summed E-state index contributed by atoms with van der Waals surface area (Å²) in [6.45, 7) is 7.60. The summed E-state index contributed by atoms with van der Waals surface area (Å²) in [5, 5.41) is 3.51. The van der Waals surface area contributed by atoms with Crippen molar-refractivity contribution in [1.82, 2.24) is 5.32 Å². The lowest BCUT2D eigenvalue weighted by Gasteiger charge is -2.29. The third-order valence-corrected chi connectivity index (χ3v) is 3.71. The summed E-state index contributed by atoms with van der Waals surface area (Å²) in [4.78, 5) is 0. The Hall–Kier alpha value is 0.270. The van der Waals surface area contributed by atoms with Crippen molar-refractivity contribution in [2.45, 2.75) is 39.5 Å². The van der Waals surface area contributed by atoms with Crippen LogP contribution in [0.25, 0.3) is 0 Å². The van der Waals surface area contributed by atoms with E-state index >= 15 is 0 Å². The van der Waals surface area contributed by atoms with Gasteiger partial charge in [0.1, 0.15) is 0 Å². The zero-order chi connectivity index (χ0) is 12.3. The largest absolute Gasteiger partial charge is 0.383 e. The molecule has 98 valence electrons. The Morgan fingerprint density at radius 2 is 2.06 bits per heavy atom. The predicted molar refractivity (Wildman–Crippen MR) is 75.4 cm³/mol. The number of nitrogens with one attached hydrogen (secondary N) is 1. The Morgan fingerprint density at radius 3 is 2.62 bits per heavy atom. The van der Waals surface area contributed by atoms with Gasteiger partial charge in [0.05, 0.1) is 6.61 Å². The van der Waals surface area contributed by atoms with E-state index in [2.05, 4.69) is 25.4 Å². The van der Waals surface area contributed by atoms with Crippen LogP contribution in [0.15, 0.2) is 0 Å². The minimum absolute atomic E-state index is 0.470. The van der Waals surface area contributed by atoms with E-state index in [0.29, 0.717) is 5.41 Å². The average Bonchev–Trinajstić information content (AvgIpc) is 2.25. The maximum Gasteiger partial charge on any atom is 0.0587 e. The molecule has 2 nitrogen and oxygen atoms in total. The normalized spacial score (nSPS) is 15.0. The Morgan fingerprint density at radius 1 is 1.31 bits per heavy atom. The van der Waals surface area contributed by atoms with Gasteiger partial charge in [0, 0.05) is 20.2 Å². The highest BCUT2D eigenvalue weighted by atomic mass is 32.2. The van der Waals surface area contributed by atoms with Crippen molar-refractivity contribution >= 4 is 11.8 Å². The second-order valence-electron chi connectivity index (χ2n) is 4.83. The summed E-state index contributed by atoms with van der Waals surface area (Å²) in [6.07, 6.45) is 7.46. The van der Waals surface area contributed by atoms with Gasteiger partial charge in [-0.2, -0.15) is 11.8 Å². The van der Waals surface area contributed by atoms with Gasteiger partial charge in [-0.05, 0) is 36.7 Å². The molecule has 0 amide bonds. The van der Waals surface area contributed by atoms with Crippen molar-refractivity contribution in [2.24, 2.45) is 5.41 Å². The zero-order valence-electron chi connectivity index (χ0n) is 11.5. The lowest BCUT2D eigenvalue weighted by atomic mass is 9.81. The van der Waals surface area contributed by atoms with Gasteiger partial charge in [-0.1, -0.05) is 20.3 Å². The third kappa shape index (κ3) is 8.43. The molecule has 0 saturated carbocycles. The molecule has 0 aromatic carbocycles. The first kappa shape index (κ1) is 16.3. The van der Waals surface area contributed by atoms with Crippen LogP contribution in [-0.4, -0.2) is 38.8 Å². The van der Waals surface area contributed by atoms with Crippen molar-refractivity contribution in [2.75, 3.05) is 38.8 Å². The van der Waals surface area contributed by atoms with E-state index in [9.17, 15) is 0 Å². The van der Waals surface area contributed by atoms with Crippen molar-refractivity contribution in [1.29, 1.82) is 0 Å². The van der Waals surface area contributed by atoms with Crippen LogP contribution in [0.3, 0.4) is 0 Å². The van der Waals surface area contributed by atoms with Crippen LogP contribution in [-0.2, 0) is 4.74 Å². The van der Waals surface area contributed by atoms with Gasteiger partial charge in [0.25, 0.3) is 0 Å². The molecule has 0 aliphatic carbocycles. The molecule has 0 saturated heterocycles. The van der Waals surface area contributed by atoms with E-state index in [1.54, 1.807) is 7.11 Å². The number of ether oxygens (including phenoxy) is 1. The molecule has 16 heavy (non-hydrogen) atoms. The Kier molecular flexibility index (Phi) is 10.6. The summed E-state index contributed by atoms with van der Waals surface area (Å²) in [7, 11) is 1.76. The van der Waals surface area contributed by atoms with Gasteiger partial charge in [-0.15, -0.1) is 0 Å². The maximum absolute atomic E-state index is 5.05. The highest BCUT2D eigenvalue weighted by Gasteiger charge is 2.21. The smallest absolute Gasteiger partial charge is 0.0587 e. The monoisotopic (exact) mass is 247 g/mol. The molecule has 0 aliphatic rings. The number of rotatable bonds is 11. The van der Waals surface area contributed by atoms with Gasteiger partial charge in [-0.25, -0.2) is 0 Å². The fourth-order valence-electron chi connectivity index (χ4n) is 2.11. The molecule has 0 bridgehead atoms. The molecule has 0 radical (unpaired) electrons. The highest BCUT2D eigenvalue weighted by molar-refractivity contribution is 7.98. The summed E-state index contributed by atoms with van der Waals surface area (Å²) in [5.41, 5.74) is 0.470. The summed E-state index contributed by atoms with van der Waals surface area (Å²) in [6, 6.07) is 0. The second-order valence-corrected chi connectivity index (χ2v) is 5.81. The van der Waals surface area contributed by atoms with Crippen LogP contribution in [0.1, 0.15) is 39.5 Å². The lowest BCUT2D eigenvalue weighted by molar-refractivity contribution is 0.187. The van der Waals surface area contributed by atoms with Gasteiger partial charge in [-0.3, -0.25) is 0 Å². The van der Waals surface area contributed by atoms with E-state index in [-0.39, 0.29) is 0 Å². The maximum atomic E-state index is 5.05. The molecule has 0 heterocycles. The van der Waals surface area contributed by atoms with Crippen molar-refractivity contribution < 1.29 is 4.74 Å². The van der Waals surface area contributed by atoms with Crippen LogP contribution in [0.4, 0.5) is 0 Å². The van der Waals surface area contributed by atoms with Gasteiger partial charge >= 0.3 is 0 Å². The molecule has 0 fully saturated rings. The Balaban J connectivity index is 3.81. The van der Waals surface area contributed by atoms with Crippen LogP contribution in [0.5, 0.6) is 0 Å². The van der Waals surface area contributed by atoms with E-state index in [0.717, 1.165) is 19.7 Å².